The molecule has 0 spiro atoms. The molecule has 0 aliphatic heterocycles. The minimum atomic E-state index is -0.721. The van der Waals surface area contributed by atoms with E-state index in [2.05, 4.69) is 6.58 Å². The van der Waals surface area contributed by atoms with E-state index in [9.17, 15) is 19.5 Å². The second-order valence-corrected chi connectivity index (χ2v) is 6.68. The van der Waals surface area contributed by atoms with Crippen LogP contribution in [0.1, 0.15) is 31.8 Å². The summed E-state index contributed by atoms with van der Waals surface area (Å²) in [5, 5.41) is 12.4. The quantitative estimate of drug-likeness (QED) is 0.536. The van der Waals surface area contributed by atoms with Crippen LogP contribution in [-0.2, 0) is 4.74 Å². The highest BCUT2D eigenvalue weighted by atomic mass is 16.6. The standard InChI is InChI=1S/C23H17NO5/c1-3-10-29-23(28)24(2)18-9-8-15-19(22(18)27)21(26)17-12-14-7-5-4-6-13(14)11-16(17)20(15)25/h3-9,11-12,27H,1,10H2,2H3. The Kier molecular flexibility index (Phi) is 4.39. The minimum Gasteiger partial charge on any atom is -0.505 e. The monoisotopic (exact) mass is 387 g/mol. The van der Waals surface area contributed by atoms with Crippen molar-refractivity contribution in [3.63, 3.8) is 0 Å². The van der Waals surface area contributed by atoms with Crippen LogP contribution >= 0.6 is 0 Å². The molecule has 1 aliphatic carbocycles. The number of ether oxygens (including phenoxy) is 1. The SMILES string of the molecule is C=CCOC(=O)N(C)c1ccc2c(c1O)C(=O)c1cc3ccccc3cc1C2=O. The smallest absolute Gasteiger partial charge is 0.414 e. The Hall–Kier alpha value is -3.93. The van der Waals surface area contributed by atoms with Crippen molar-refractivity contribution in [2.75, 3.05) is 18.6 Å². The fraction of sp³-hybridized carbons (Fsp3) is 0.0870. The third-order valence-electron chi connectivity index (χ3n) is 4.96. The van der Waals surface area contributed by atoms with Gasteiger partial charge in [0.25, 0.3) is 0 Å². The van der Waals surface area contributed by atoms with Crippen molar-refractivity contribution in [2.45, 2.75) is 0 Å². The van der Waals surface area contributed by atoms with Gasteiger partial charge in [0, 0.05) is 23.7 Å². The number of nitrogens with zero attached hydrogens (tertiary/aromatic N) is 1. The summed E-state index contributed by atoms with van der Waals surface area (Å²) in [5.74, 6) is -1.25. The molecule has 4 rings (SSSR count). The molecule has 1 aliphatic rings. The number of amides is 1. The molecule has 144 valence electrons. The van der Waals surface area contributed by atoms with Crippen molar-refractivity contribution in [1.29, 1.82) is 0 Å². The van der Waals surface area contributed by atoms with Gasteiger partial charge in [-0.1, -0.05) is 36.9 Å². The van der Waals surface area contributed by atoms with E-state index in [1.807, 2.05) is 24.3 Å². The van der Waals surface area contributed by atoms with Crippen LogP contribution < -0.4 is 4.90 Å². The first kappa shape index (κ1) is 18.4. The first-order valence-electron chi connectivity index (χ1n) is 8.93. The molecule has 6 heteroatoms. The molecule has 1 amide bonds. The van der Waals surface area contributed by atoms with Crippen LogP contribution in [0.4, 0.5) is 10.5 Å². The molecule has 3 aromatic rings. The van der Waals surface area contributed by atoms with Crippen molar-refractivity contribution in [2.24, 2.45) is 0 Å². The Bertz CT molecular complexity index is 1210. The summed E-state index contributed by atoms with van der Waals surface area (Å²) in [6.07, 6.45) is 0.697. The van der Waals surface area contributed by atoms with E-state index in [-0.39, 0.29) is 34.8 Å². The first-order valence-corrected chi connectivity index (χ1v) is 8.93. The molecule has 0 fully saturated rings. The number of ketones is 2. The van der Waals surface area contributed by atoms with E-state index in [0.29, 0.717) is 5.56 Å². The highest BCUT2D eigenvalue weighted by Crippen LogP contribution is 2.39. The van der Waals surface area contributed by atoms with Gasteiger partial charge in [0.1, 0.15) is 6.61 Å². The van der Waals surface area contributed by atoms with Gasteiger partial charge in [0.05, 0.1) is 11.3 Å². The Morgan fingerprint density at radius 1 is 1.03 bits per heavy atom. The summed E-state index contributed by atoms with van der Waals surface area (Å²) in [6, 6.07) is 13.6. The van der Waals surface area contributed by atoms with Gasteiger partial charge in [-0.15, -0.1) is 0 Å². The highest BCUT2D eigenvalue weighted by Gasteiger charge is 2.34. The maximum atomic E-state index is 13.2. The van der Waals surface area contributed by atoms with Gasteiger partial charge in [0.15, 0.2) is 17.3 Å². The Labute approximate surface area is 166 Å². The van der Waals surface area contributed by atoms with Crippen molar-refractivity contribution in [1.82, 2.24) is 0 Å². The largest absolute Gasteiger partial charge is 0.505 e. The number of phenols is 1. The maximum Gasteiger partial charge on any atom is 0.414 e. The summed E-state index contributed by atoms with van der Waals surface area (Å²) >= 11 is 0. The summed E-state index contributed by atoms with van der Waals surface area (Å²) in [6.45, 7) is 3.48. The van der Waals surface area contributed by atoms with Gasteiger partial charge in [-0.25, -0.2) is 4.79 Å². The number of carbonyl (C=O) groups is 3. The molecule has 0 atom stereocenters. The molecule has 6 nitrogen and oxygen atoms in total. The number of anilines is 1. The fourth-order valence-electron chi connectivity index (χ4n) is 3.49. The van der Waals surface area contributed by atoms with Gasteiger partial charge >= 0.3 is 6.09 Å². The Balaban J connectivity index is 1.84. The van der Waals surface area contributed by atoms with Crippen LogP contribution in [0.25, 0.3) is 10.8 Å². The Morgan fingerprint density at radius 2 is 1.66 bits per heavy atom. The van der Waals surface area contributed by atoms with Crippen molar-refractivity contribution < 1.29 is 24.2 Å². The minimum absolute atomic E-state index is 0.00669. The van der Waals surface area contributed by atoms with Gasteiger partial charge in [-0.2, -0.15) is 0 Å². The van der Waals surface area contributed by atoms with Crippen molar-refractivity contribution >= 4 is 34.1 Å². The molecule has 0 unspecified atom stereocenters. The van der Waals surface area contributed by atoms with Crippen LogP contribution in [0.3, 0.4) is 0 Å². The number of hydrogen-bond donors (Lipinski definition) is 1. The van der Waals surface area contributed by atoms with E-state index in [0.717, 1.165) is 15.7 Å². The van der Waals surface area contributed by atoms with Gasteiger partial charge in [-0.3, -0.25) is 14.5 Å². The molecular weight excluding hydrogens is 370 g/mol. The number of hydrogen-bond acceptors (Lipinski definition) is 5. The second-order valence-electron chi connectivity index (χ2n) is 6.68. The number of carbonyl (C=O) groups excluding carboxylic acids is 3. The molecule has 3 aromatic carbocycles. The normalized spacial score (nSPS) is 12.3. The molecule has 0 aromatic heterocycles. The topological polar surface area (TPSA) is 83.9 Å². The molecule has 0 bridgehead atoms. The summed E-state index contributed by atoms with van der Waals surface area (Å²) in [5.41, 5.74) is 0.589. The lowest BCUT2D eigenvalue weighted by Crippen LogP contribution is -2.28. The lowest BCUT2D eigenvalue weighted by Gasteiger charge is -2.23. The van der Waals surface area contributed by atoms with E-state index >= 15 is 0 Å². The van der Waals surface area contributed by atoms with E-state index < -0.39 is 17.6 Å². The fourth-order valence-corrected chi connectivity index (χ4v) is 3.49. The van der Waals surface area contributed by atoms with Crippen molar-refractivity contribution in [3.8, 4) is 5.75 Å². The summed E-state index contributed by atoms with van der Waals surface area (Å²) < 4.78 is 4.96. The number of fused-ring (bicyclic) bond motifs is 3. The number of aromatic hydroxyl groups is 1. The average molecular weight is 387 g/mol. The molecule has 0 saturated heterocycles. The predicted molar refractivity (Wildman–Crippen MR) is 109 cm³/mol. The van der Waals surface area contributed by atoms with E-state index in [1.54, 1.807) is 12.1 Å². The average Bonchev–Trinajstić information content (AvgIpc) is 2.74. The van der Waals surface area contributed by atoms with Crippen LogP contribution in [0, 0.1) is 0 Å². The van der Waals surface area contributed by atoms with Crippen LogP contribution in [0.5, 0.6) is 5.75 Å². The third kappa shape index (κ3) is 2.86. The molecule has 0 heterocycles. The second kappa shape index (κ2) is 6.91. The zero-order valence-corrected chi connectivity index (χ0v) is 15.6. The molecular formula is C23H17NO5. The van der Waals surface area contributed by atoms with Crippen molar-refractivity contribution in [3.05, 3.63) is 83.4 Å². The molecule has 0 radical (unpaired) electrons. The molecule has 1 N–H and O–H groups in total. The first-order chi connectivity index (χ1) is 13.9. The predicted octanol–water partition coefficient (Wildman–Crippen LogP) is 4.08. The summed E-state index contributed by atoms with van der Waals surface area (Å²) in [7, 11) is 1.41. The lowest BCUT2D eigenvalue weighted by atomic mass is 9.82. The van der Waals surface area contributed by atoms with E-state index in [4.69, 9.17) is 4.74 Å². The highest BCUT2D eigenvalue weighted by molar-refractivity contribution is 6.31. The van der Waals surface area contributed by atoms with Crippen LogP contribution in [0.15, 0.2) is 61.2 Å². The zero-order valence-electron chi connectivity index (χ0n) is 15.6. The van der Waals surface area contributed by atoms with Crippen LogP contribution in [-0.4, -0.2) is 36.4 Å². The van der Waals surface area contributed by atoms with Gasteiger partial charge < -0.3 is 9.84 Å². The lowest BCUT2D eigenvalue weighted by molar-refractivity contribution is 0.0977. The van der Waals surface area contributed by atoms with Crippen LogP contribution in [0.2, 0.25) is 0 Å². The summed E-state index contributed by atoms with van der Waals surface area (Å²) in [4.78, 5) is 39.4. The number of rotatable bonds is 3. The van der Waals surface area contributed by atoms with Gasteiger partial charge in [0.2, 0.25) is 0 Å². The molecule has 29 heavy (non-hydrogen) atoms. The zero-order chi connectivity index (χ0) is 20.7. The number of benzene rings is 3. The van der Waals surface area contributed by atoms with E-state index in [1.165, 1.54) is 25.3 Å². The molecule has 0 saturated carbocycles. The Morgan fingerprint density at radius 3 is 2.28 bits per heavy atom. The number of phenolic OH excluding ortho intramolecular Hbond substituents is 1. The van der Waals surface area contributed by atoms with Gasteiger partial charge in [-0.05, 0) is 35.0 Å². The third-order valence-corrected chi connectivity index (χ3v) is 4.96. The maximum absolute atomic E-state index is 13.2.